The summed E-state index contributed by atoms with van der Waals surface area (Å²) in [5.41, 5.74) is 1.92. The molecule has 0 saturated carbocycles. The molecule has 3 aromatic rings. The van der Waals surface area contributed by atoms with Crippen LogP contribution in [0.25, 0.3) is 0 Å². The van der Waals surface area contributed by atoms with Crippen molar-refractivity contribution in [2.45, 2.75) is 13.3 Å². The van der Waals surface area contributed by atoms with Gasteiger partial charge < -0.3 is 10.6 Å². The predicted molar refractivity (Wildman–Crippen MR) is 99.6 cm³/mol. The van der Waals surface area contributed by atoms with E-state index < -0.39 is 4.92 Å². The van der Waals surface area contributed by atoms with Crippen LogP contribution in [0.1, 0.15) is 11.1 Å². The lowest BCUT2D eigenvalue weighted by Crippen LogP contribution is -2.11. The van der Waals surface area contributed by atoms with Gasteiger partial charge in [0.05, 0.1) is 4.92 Å². The number of anilines is 3. The van der Waals surface area contributed by atoms with E-state index in [4.69, 9.17) is 0 Å². The van der Waals surface area contributed by atoms with Gasteiger partial charge in [0.15, 0.2) is 0 Å². The van der Waals surface area contributed by atoms with Crippen LogP contribution in [0, 0.1) is 17.0 Å². The Labute approximate surface area is 150 Å². The molecule has 2 N–H and O–H groups in total. The fraction of sp³-hybridized carbons (Fsp3) is 0.167. The first-order valence-corrected chi connectivity index (χ1v) is 8.10. The molecule has 2 heterocycles. The summed E-state index contributed by atoms with van der Waals surface area (Å²) < 4.78 is 0. The van der Waals surface area contributed by atoms with Gasteiger partial charge in [0.2, 0.25) is 11.6 Å². The Morgan fingerprint density at radius 2 is 1.85 bits per heavy atom. The molecule has 1 aromatic carbocycles. The minimum absolute atomic E-state index is 0.102. The minimum atomic E-state index is -0.497. The first-order valence-electron chi connectivity index (χ1n) is 8.10. The largest absolute Gasteiger partial charge is 0.364 e. The molecule has 8 nitrogen and oxygen atoms in total. The normalized spacial score (nSPS) is 10.3. The zero-order valence-electron chi connectivity index (χ0n) is 14.2. The van der Waals surface area contributed by atoms with E-state index in [-0.39, 0.29) is 17.3 Å². The molecule has 3 rings (SSSR count). The molecule has 0 unspecified atom stereocenters. The van der Waals surface area contributed by atoms with Gasteiger partial charge in [0, 0.05) is 12.7 Å². The van der Waals surface area contributed by atoms with Crippen LogP contribution in [-0.2, 0) is 6.42 Å². The van der Waals surface area contributed by atoms with Crippen LogP contribution in [-0.4, -0.2) is 26.4 Å². The first kappa shape index (κ1) is 17.3. The van der Waals surface area contributed by atoms with E-state index in [0.717, 1.165) is 17.5 Å². The molecule has 8 heteroatoms. The van der Waals surface area contributed by atoms with Crippen molar-refractivity contribution in [2.24, 2.45) is 0 Å². The molecule has 0 fully saturated rings. The minimum Gasteiger partial charge on any atom is -0.364 e. The van der Waals surface area contributed by atoms with E-state index in [0.29, 0.717) is 12.4 Å². The summed E-state index contributed by atoms with van der Waals surface area (Å²) in [5.74, 6) is 0.767. The van der Waals surface area contributed by atoms with Crippen molar-refractivity contribution in [1.82, 2.24) is 15.0 Å². The number of hydrogen-bond donors (Lipinski definition) is 2. The van der Waals surface area contributed by atoms with Crippen molar-refractivity contribution in [2.75, 3.05) is 17.2 Å². The Hall–Kier alpha value is -3.55. The highest BCUT2D eigenvalue weighted by atomic mass is 16.6. The summed E-state index contributed by atoms with van der Waals surface area (Å²) in [5, 5.41) is 17.5. The summed E-state index contributed by atoms with van der Waals surface area (Å²) in [4.78, 5) is 23.2. The van der Waals surface area contributed by atoms with Crippen molar-refractivity contribution >= 4 is 23.1 Å². The van der Waals surface area contributed by atoms with Crippen molar-refractivity contribution in [3.05, 3.63) is 76.2 Å². The third kappa shape index (κ3) is 4.29. The molecule has 0 aliphatic rings. The number of nitrogens with one attached hydrogen (secondary N) is 2. The number of pyridine rings is 1. The maximum absolute atomic E-state index is 11.6. The number of benzene rings is 1. The lowest BCUT2D eigenvalue weighted by atomic mass is 10.1. The van der Waals surface area contributed by atoms with Crippen LogP contribution in [0.2, 0.25) is 0 Å². The van der Waals surface area contributed by atoms with Gasteiger partial charge >= 0.3 is 5.69 Å². The summed E-state index contributed by atoms with van der Waals surface area (Å²) in [6.07, 6.45) is 3.64. The Morgan fingerprint density at radius 3 is 2.58 bits per heavy atom. The summed E-state index contributed by atoms with van der Waals surface area (Å²) in [7, 11) is 0. The lowest BCUT2D eigenvalue weighted by molar-refractivity contribution is -0.383. The second kappa shape index (κ2) is 8.02. The lowest BCUT2D eigenvalue weighted by Gasteiger charge is -2.10. The molecule has 0 aliphatic heterocycles. The van der Waals surface area contributed by atoms with E-state index >= 15 is 0 Å². The van der Waals surface area contributed by atoms with Crippen LogP contribution in [0.15, 0.2) is 55.0 Å². The SMILES string of the molecule is Cc1ccnc(Nc2ncnc(NCCc3ccccc3)c2[N+](=O)[O-])c1. The number of nitrogens with zero attached hydrogens (tertiary/aromatic N) is 4. The standard InChI is InChI=1S/C18H18N6O2/c1-13-7-9-19-15(11-13)23-18-16(24(25)26)17(21-12-22-18)20-10-8-14-5-3-2-4-6-14/h2-7,9,11-12H,8,10H2,1H3,(H2,19,20,21,22,23). The fourth-order valence-electron chi connectivity index (χ4n) is 2.47. The highest BCUT2D eigenvalue weighted by Crippen LogP contribution is 2.30. The molecule has 132 valence electrons. The number of aromatic nitrogens is 3. The number of aryl methyl sites for hydroxylation is 1. The van der Waals surface area contributed by atoms with Crippen LogP contribution >= 0.6 is 0 Å². The predicted octanol–water partition coefficient (Wildman–Crippen LogP) is 3.49. The second-order valence-electron chi connectivity index (χ2n) is 5.68. The van der Waals surface area contributed by atoms with Gasteiger partial charge in [-0.2, -0.15) is 0 Å². The van der Waals surface area contributed by atoms with Crippen molar-refractivity contribution in [3.8, 4) is 0 Å². The molecule has 0 amide bonds. The van der Waals surface area contributed by atoms with Gasteiger partial charge in [0.25, 0.3) is 0 Å². The van der Waals surface area contributed by atoms with Gasteiger partial charge in [0.1, 0.15) is 12.1 Å². The average molecular weight is 350 g/mol. The van der Waals surface area contributed by atoms with Crippen LogP contribution in [0.5, 0.6) is 0 Å². The molecular weight excluding hydrogens is 332 g/mol. The monoisotopic (exact) mass is 350 g/mol. The molecule has 0 bridgehead atoms. The molecule has 0 atom stereocenters. The van der Waals surface area contributed by atoms with E-state index in [1.54, 1.807) is 12.3 Å². The van der Waals surface area contributed by atoms with E-state index in [2.05, 4.69) is 25.6 Å². The number of hydrogen-bond acceptors (Lipinski definition) is 7. The van der Waals surface area contributed by atoms with Gasteiger partial charge in [-0.1, -0.05) is 30.3 Å². The molecule has 0 saturated heterocycles. The Bertz CT molecular complexity index is 901. The topological polar surface area (TPSA) is 106 Å². The highest BCUT2D eigenvalue weighted by molar-refractivity contribution is 5.72. The first-order chi connectivity index (χ1) is 12.6. The van der Waals surface area contributed by atoms with E-state index in [1.807, 2.05) is 43.3 Å². The summed E-state index contributed by atoms with van der Waals surface area (Å²) in [6.45, 7) is 2.43. The molecule has 0 aliphatic carbocycles. The van der Waals surface area contributed by atoms with E-state index in [1.165, 1.54) is 6.33 Å². The zero-order chi connectivity index (χ0) is 18.4. The summed E-state index contributed by atoms with van der Waals surface area (Å²) in [6, 6.07) is 13.5. The zero-order valence-corrected chi connectivity index (χ0v) is 14.2. The van der Waals surface area contributed by atoms with Gasteiger partial charge in [-0.3, -0.25) is 10.1 Å². The number of nitro groups is 1. The van der Waals surface area contributed by atoms with Crippen molar-refractivity contribution in [1.29, 1.82) is 0 Å². The quantitative estimate of drug-likeness (QED) is 0.496. The second-order valence-corrected chi connectivity index (χ2v) is 5.68. The average Bonchev–Trinajstić information content (AvgIpc) is 2.62. The number of rotatable bonds is 7. The highest BCUT2D eigenvalue weighted by Gasteiger charge is 2.23. The van der Waals surface area contributed by atoms with Gasteiger partial charge in [-0.05, 0) is 36.6 Å². The molecule has 2 aromatic heterocycles. The summed E-state index contributed by atoms with van der Waals surface area (Å²) >= 11 is 0. The maximum Gasteiger partial charge on any atom is 0.353 e. The van der Waals surface area contributed by atoms with Crippen LogP contribution in [0.3, 0.4) is 0 Å². The smallest absolute Gasteiger partial charge is 0.353 e. The van der Waals surface area contributed by atoms with Crippen molar-refractivity contribution in [3.63, 3.8) is 0 Å². The van der Waals surface area contributed by atoms with Crippen LogP contribution in [0.4, 0.5) is 23.1 Å². The van der Waals surface area contributed by atoms with Gasteiger partial charge in [-0.25, -0.2) is 15.0 Å². The maximum atomic E-state index is 11.6. The molecule has 0 spiro atoms. The fourth-order valence-corrected chi connectivity index (χ4v) is 2.47. The third-order valence-corrected chi connectivity index (χ3v) is 3.72. The third-order valence-electron chi connectivity index (χ3n) is 3.72. The molecule has 0 radical (unpaired) electrons. The Kier molecular flexibility index (Phi) is 5.33. The van der Waals surface area contributed by atoms with E-state index in [9.17, 15) is 10.1 Å². The van der Waals surface area contributed by atoms with Crippen LogP contribution < -0.4 is 10.6 Å². The van der Waals surface area contributed by atoms with Gasteiger partial charge in [-0.15, -0.1) is 0 Å². The molecule has 26 heavy (non-hydrogen) atoms. The van der Waals surface area contributed by atoms with Crippen molar-refractivity contribution < 1.29 is 4.92 Å². The Morgan fingerprint density at radius 1 is 1.08 bits per heavy atom. The Balaban J connectivity index is 1.78. The molecular formula is C18H18N6O2.